The molecule has 2 aliphatic heterocycles. The fraction of sp³-hybridized carbons (Fsp3) is 0.424. The number of aryl methyl sites for hydroxylation is 1. The largest absolute Gasteiger partial charge is 0.494 e. The minimum absolute atomic E-state index is 0.363. The molecule has 1 aromatic heterocycles. The third-order valence-corrected chi connectivity index (χ3v) is 9.37. The van der Waals surface area contributed by atoms with Crippen LogP contribution in [0.5, 0.6) is 5.75 Å². The molecule has 2 fully saturated rings. The number of hydrogen-bond donors (Lipinski definition) is 3. The van der Waals surface area contributed by atoms with Crippen molar-refractivity contribution >= 4 is 56.4 Å². The number of piperidine rings is 1. The first-order chi connectivity index (χ1) is 21.9. The van der Waals surface area contributed by atoms with Gasteiger partial charge in [-0.15, -0.1) is 0 Å². The van der Waals surface area contributed by atoms with E-state index in [-0.39, 0.29) is 0 Å². The molecule has 12 heteroatoms. The van der Waals surface area contributed by atoms with E-state index in [1.807, 2.05) is 36.4 Å². The highest BCUT2D eigenvalue weighted by atomic mass is 32.2. The summed E-state index contributed by atoms with van der Waals surface area (Å²) in [6, 6.07) is 16.9. The predicted octanol–water partition coefficient (Wildman–Crippen LogP) is 5.00. The van der Waals surface area contributed by atoms with E-state index in [0.717, 1.165) is 60.5 Å². The normalized spacial score (nSPS) is 17.3. The number of piperazine rings is 1. The quantitative estimate of drug-likeness (QED) is 0.222. The lowest BCUT2D eigenvalue weighted by Crippen LogP contribution is -2.52. The summed E-state index contributed by atoms with van der Waals surface area (Å²) in [5, 5.41) is 8.64. The number of rotatable bonds is 10. The van der Waals surface area contributed by atoms with Crippen LogP contribution in [0.1, 0.15) is 25.3 Å². The molecule has 11 nitrogen and oxygen atoms in total. The van der Waals surface area contributed by atoms with Gasteiger partial charge in [0.05, 0.1) is 24.2 Å². The minimum atomic E-state index is -1.26. The van der Waals surface area contributed by atoms with Crippen molar-refractivity contribution in [1.82, 2.24) is 24.8 Å². The van der Waals surface area contributed by atoms with Crippen molar-refractivity contribution in [2.24, 2.45) is 0 Å². The Morgan fingerprint density at radius 1 is 0.933 bits per heavy atom. The summed E-state index contributed by atoms with van der Waals surface area (Å²) >= 11 is 0. The third-order valence-electron chi connectivity index (χ3n) is 8.88. The summed E-state index contributed by atoms with van der Waals surface area (Å²) in [4.78, 5) is 21.0. The first kappa shape index (κ1) is 31.0. The fourth-order valence-corrected chi connectivity index (χ4v) is 6.91. The van der Waals surface area contributed by atoms with Crippen molar-refractivity contribution < 1.29 is 8.95 Å². The van der Waals surface area contributed by atoms with E-state index in [1.54, 1.807) is 13.4 Å². The number of likely N-dealkylation sites (N-methyl/N-ethyl adjacent to an activating group) is 1. The van der Waals surface area contributed by atoms with E-state index >= 15 is 0 Å². The van der Waals surface area contributed by atoms with E-state index in [0.29, 0.717) is 23.6 Å². The SMILES string of the molecule is CCc1cc(Nc2ncnc(Nc3ccc4ccccc4c3NS(C)=O)n2)c(OC)cc1N1CCC(N2CCN(C)CC2)CC1. The van der Waals surface area contributed by atoms with E-state index in [4.69, 9.17) is 4.74 Å². The number of fused-ring (bicyclic) bond motifs is 1. The van der Waals surface area contributed by atoms with E-state index in [1.165, 1.54) is 43.5 Å². The standard InChI is InChI=1S/C33H43N9O2S/c1-5-23-20-28(30(44-3)21-29(23)42-14-12-25(13-15-42)41-18-16-40(2)17-19-41)37-33-35-22-34-32(38-33)36-27-11-10-24-8-6-7-9-26(24)31(27)39-45(4)43/h6-11,20-22,25,39H,5,12-19H2,1-4H3,(H2,34,35,36,37,38). The number of aromatic nitrogens is 3. The lowest BCUT2D eigenvalue weighted by molar-refractivity contribution is 0.0982. The molecule has 1 atom stereocenters. The molecular formula is C33H43N9O2S. The first-order valence-corrected chi connectivity index (χ1v) is 17.2. The fourth-order valence-electron chi connectivity index (χ4n) is 6.40. The summed E-state index contributed by atoms with van der Waals surface area (Å²) < 4.78 is 21.1. The topological polar surface area (TPSA) is 111 Å². The molecular weight excluding hydrogens is 586 g/mol. The Balaban J connectivity index is 1.19. The molecule has 3 heterocycles. The molecule has 4 aromatic rings. The molecule has 2 saturated heterocycles. The van der Waals surface area contributed by atoms with Gasteiger partial charge in [0.1, 0.15) is 23.1 Å². The van der Waals surface area contributed by atoms with Crippen LogP contribution in [-0.2, 0) is 17.4 Å². The third kappa shape index (κ3) is 7.13. The molecule has 238 valence electrons. The van der Waals surface area contributed by atoms with Crippen LogP contribution < -0.4 is 25.0 Å². The first-order valence-electron chi connectivity index (χ1n) is 15.6. The monoisotopic (exact) mass is 629 g/mol. The summed E-state index contributed by atoms with van der Waals surface area (Å²) in [6.07, 6.45) is 6.33. The molecule has 0 aliphatic carbocycles. The zero-order valence-electron chi connectivity index (χ0n) is 26.5. The smallest absolute Gasteiger partial charge is 0.232 e. The zero-order valence-corrected chi connectivity index (χ0v) is 27.4. The molecule has 0 saturated carbocycles. The van der Waals surface area contributed by atoms with Crippen molar-refractivity contribution in [3.63, 3.8) is 0 Å². The van der Waals surface area contributed by atoms with E-state index in [9.17, 15) is 4.21 Å². The molecule has 0 radical (unpaired) electrons. The maximum Gasteiger partial charge on any atom is 0.232 e. The van der Waals surface area contributed by atoms with Crippen molar-refractivity contribution in [1.29, 1.82) is 0 Å². The highest BCUT2D eigenvalue weighted by molar-refractivity contribution is 7.85. The zero-order chi connectivity index (χ0) is 31.3. The van der Waals surface area contributed by atoms with Crippen LogP contribution in [0, 0.1) is 0 Å². The molecule has 1 unspecified atom stereocenters. The van der Waals surface area contributed by atoms with Gasteiger partial charge in [-0.25, -0.2) is 14.2 Å². The van der Waals surface area contributed by atoms with Gasteiger partial charge in [0.15, 0.2) is 0 Å². The summed E-state index contributed by atoms with van der Waals surface area (Å²) in [6.45, 7) is 8.93. The molecule has 3 N–H and O–H groups in total. The highest BCUT2D eigenvalue weighted by Gasteiger charge is 2.28. The summed E-state index contributed by atoms with van der Waals surface area (Å²) in [5.41, 5.74) is 4.73. The number of ether oxygens (including phenoxy) is 1. The summed E-state index contributed by atoms with van der Waals surface area (Å²) in [7, 11) is 2.65. The van der Waals surface area contributed by atoms with Crippen LogP contribution in [-0.4, -0.2) is 94.7 Å². The Bertz CT molecular complexity index is 1650. The van der Waals surface area contributed by atoms with E-state index < -0.39 is 11.0 Å². The molecule has 3 aromatic carbocycles. The molecule has 0 bridgehead atoms. The maximum absolute atomic E-state index is 12.1. The van der Waals surface area contributed by atoms with Gasteiger partial charge in [-0.05, 0) is 49.4 Å². The van der Waals surface area contributed by atoms with Gasteiger partial charge >= 0.3 is 0 Å². The van der Waals surface area contributed by atoms with Gasteiger partial charge in [-0.2, -0.15) is 4.98 Å². The Labute approximate surface area is 268 Å². The van der Waals surface area contributed by atoms with Crippen molar-refractivity contribution in [3.8, 4) is 5.75 Å². The average molecular weight is 630 g/mol. The second kappa shape index (κ2) is 14.0. The van der Waals surface area contributed by atoms with Crippen molar-refractivity contribution in [2.45, 2.75) is 32.2 Å². The molecule has 6 rings (SSSR count). The van der Waals surface area contributed by atoms with Crippen molar-refractivity contribution in [3.05, 3.63) is 60.4 Å². The van der Waals surface area contributed by atoms with Crippen LogP contribution in [0.3, 0.4) is 0 Å². The van der Waals surface area contributed by atoms with Gasteiger partial charge in [-0.1, -0.05) is 37.3 Å². The second-order valence-corrected chi connectivity index (χ2v) is 12.9. The van der Waals surface area contributed by atoms with Crippen molar-refractivity contribution in [2.75, 3.05) is 79.9 Å². The van der Waals surface area contributed by atoms with Gasteiger partial charge < -0.3 is 29.9 Å². The molecule has 0 amide bonds. The Kier molecular flexibility index (Phi) is 9.62. The number of methoxy groups -OCH3 is 1. The maximum atomic E-state index is 12.1. The second-order valence-electron chi connectivity index (χ2n) is 11.7. The van der Waals surface area contributed by atoms with E-state index in [2.05, 4.69) is 71.1 Å². The lowest BCUT2D eigenvalue weighted by atomic mass is 9.99. The van der Waals surface area contributed by atoms with Crippen LogP contribution >= 0.6 is 0 Å². The van der Waals surface area contributed by atoms with Gasteiger partial charge in [0.25, 0.3) is 0 Å². The van der Waals surface area contributed by atoms with Gasteiger partial charge in [0.2, 0.25) is 11.9 Å². The van der Waals surface area contributed by atoms with Crippen LogP contribution in [0.2, 0.25) is 0 Å². The number of nitrogens with zero attached hydrogens (tertiary/aromatic N) is 6. The molecule has 2 aliphatic rings. The minimum Gasteiger partial charge on any atom is -0.494 e. The Morgan fingerprint density at radius 3 is 2.33 bits per heavy atom. The summed E-state index contributed by atoms with van der Waals surface area (Å²) in [5.74, 6) is 1.50. The number of anilines is 6. The lowest BCUT2D eigenvalue weighted by Gasteiger charge is -2.43. The molecule has 45 heavy (non-hydrogen) atoms. The number of benzene rings is 3. The number of nitrogens with one attached hydrogen (secondary N) is 3. The van der Waals surface area contributed by atoms with Crippen LogP contribution in [0.4, 0.5) is 34.6 Å². The molecule has 0 spiro atoms. The highest BCUT2D eigenvalue weighted by Crippen LogP contribution is 2.37. The predicted molar refractivity (Wildman–Crippen MR) is 185 cm³/mol. The average Bonchev–Trinajstić information content (AvgIpc) is 3.06. The number of hydrogen-bond acceptors (Lipinski definition) is 10. The Hall–Kier alpha value is -4.00. The van der Waals surface area contributed by atoms with Crippen LogP contribution in [0.25, 0.3) is 10.8 Å². The Morgan fingerprint density at radius 2 is 1.64 bits per heavy atom. The van der Waals surface area contributed by atoms with Gasteiger partial charge in [-0.3, -0.25) is 4.90 Å². The van der Waals surface area contributed by atoms with Gasteiger partial charge in [0, 0.05) is 68.7 Å². The van der Waals surface area contributed by atoms with Crippen LogP contribution in [0.15, 0.2) is 54.9 Å².